The van der Waals surface area contributed by atoms with E-state index < -0.39 is 11.8 Å². The molecular formula is C10H5ClFNO3. The largest absolute Gasteiger partial charge is 0.476 e. The third-order valence-corrected chi connectivity index (χ3v) is 2.20. The average molecular weight is 242 g/mol. The lowest BCUT2D eigenvalue weighted by molar-refractivity contribution is 0.0690. The number of oxazole rings is 1. The molecule has 0 aliphatic heterocycles. The van der Waals surface area contributed by atoms with Crippen LogP contribution in [-0.4, -0.2) is 16.1 Å². The molecule has 82 valence electrons. The second-order valence-corrected chi connectivity index (χ2v) is 3.35. The molecule has 1 heterocycles. The quantitative estimate of drug-likeness (QED) is 0.878. The van der Waals surface area contributed by atoms with Crippen molar-refractivity contribution in [1.82, 2.24) is 4.98 Å². The van der Waals surface area contributed by atoms with E-state index in [9.17, 15) is 9.18 Å². The molecule has 0 aliphatic rings. The first-order valence-corrected chi connectivity index (χ1v) is 4.60. The summed E-state index contributed by atoms with van der Waals surface area (Å²) in [5.74, 6) is -2.04. The summed E-state index contributed by atoms with van der Waals surface area (Å²) in [6, 6.07) is 4.30. The number of rotatable bonds is 2. The minimum atomic E-state index is -1.24. The van der Waals surface area contributed by atoms with Gasteiger partial charge in [-0.25, -0.2) is 14.2 Å². The SMILES string of the molecule is O=C(O)c1coc(-c2cccc(Cl)c2F)n1. The Balaban J connectivity index is 2.50. The summed E-state index contributed by atoms with van der Waals surface area (Å²) in [7, 11) is 0. The van der Waals surface area contributed by atoms with Gasteiger partial charge in [-0.1, -0.05) is 17.7 Å². The molecule has 1 N–H and O–H groups in total. The van der Waals surface area contributed by atoms with E-state index >= 15 is 0 Å². The van der Waals surface area contributed by atoms with Gasteiger partial charge in [0.2, 0.25) is 5.89 Å². The van der Waals surface area contributed by atoms with Crippen molar-refractivity contribution in [2.75, 3.05) is 0 Å². The molecule has 4 nitrogen and oxygen atoms in total. The number of aromatic nitrogens is 1. The van der Waals surface area contributed by atoms with Crippen molar-refractivity contribution in [1.29, 1.82) is 0 Å². The number of carboxylic acids is 1. The van der Waals surface area contributed by atoms with Crippen LogP contribution in [0.2, 0.25) is 5.02 Å². The van der Waals surface area contributed by atoms with E-state index in [-0.39, 0.29) is 22.2 Å². The van der Waals surface area contributed by atoms with Crippen LogP contribution < -0.4 is 0 Å². The third-order valence-electron chi connectivity index (χ3n) is 1.91. The Morgan fingerprint density at radius 3 is 2.88 bits per heavy atom. The first-order chi connectivity index (χ1) is 7.59. The van der Waals surface area contributed by atoms with Crippen molar-refractivity contribution in [3.8, 4) is 11.5 Å². The van der Waals surface area contributed by atoms with Gasteiger partial charge in [-0.05, 0) is 12.1 Å². The van der Waals surface area contributed by atoms with Crippen LogP contribution >= 0.6 is 11.6 Å². The van der Waals surface area contributed by atoms with Crippen LogP contribution in [0, 0.1) is 5.82 Å². The van der Waals surface area contributed by atoms with Crippen LogP contribution in [-0.2, 0) is 0 Å². The predicted molar refractivity (Wildman–Crippen MR) is 53.9 cm³/mol. The third kappa shape index (κ3) is 1.77. The Bertz CT molecular complexity index is 553. The second-order valence-electron chi connectivity index (χ2n) is 2.94. The zero-order valence-electron chi connectivity index (χ0n) is 7.78. The van der Waals surface area contributed by atoms with Crippen molar-refractivity contribution in [3.05, 3.63) is 41.0 Å². The molecule has 0 unspecified atom stereocenters. The van der Waals surface area contributed by atoms with Crippen LogP contribution in [0.15, 0.2) is 28.9 Å². The maximum Gasteiger partial charge on any atom is 0.357 e. The van der Waals surface area contributed by atoms with Gasteiger partial charge >= 0.3 is 5.97 Å². The van der Waals surface area contributed by atoms with E-state index in [4.69, 9.17) is 21.1 Å². The number of carbonyl (C=O) groups is 1. The van der Waals surface area contributed by atoms with Gasteiger partial charge in [0, 0.05) is 0 Å². The predicted octanol–water partition coefficient (Wildman–Crippen LogP) is 2.83. The lowest BCUT2D eigenvalue weighted by atomic mass is 10.2. The van der Waals surface area contributed by atoms with E-state index in [1.165, 1.54) is 18.2 Å². The smallest absolute Gasteiger partial charge is 0.357 e. The molecule has 0 aliphatic carbocycles. The Morgan fingerprint density at radius 2 is 2.25 bits per heavy atom. The topological polar surface area (TPSA) is 63.3 Å². The number of halogens is 2. The highest BCUT2D eigenvalue weighted by Crippen LogP contribution is 2.26. The normalized spacial score (nSPS) is 10.4. The van der Waals surface area contributed by atoms with Gasteiger partial charge in [-0.2, -0.15) is 0 Å². The molecule has 1 aromatic heterocycles. The fourth-order valence-corrected chi connectivity index (χ4v) is 1.34. The summed E-state index contributed by atoms with van der Waals surface area (Å²) < 4.78 is 18.4. The van der Waals surface area contributed by atoms with Crippen LogP contribution in [0.4, 0.5) is 4.39 Å². The molecule has 16 heavy (non-hydrogen) atoms. The van der Waals surface area contributed by atoms with Crippen molar-refractivity contribution >= 4 is 17.6 Å². The van der Waals surface area contributed by atoms with Gasteiger partial charge in [0.15, 0.2) is 11.5 Å². The Hall–Kier alpha value is -1.88. The number of carboxylic acid groups (broad SMARTS) is 1. The molecule has 6 heteroatoms. The zero-order chi connectivity index (χ0) is 11.7. The highest BCUT2D eigenvalue weighted by Gasteiger charge is 2.16. The van der Waals surface area contributed by atoms with E-state index in [0.29, 0.717) is 0 Å². The van der Waals surface area contributed by atoms with Crippen molar-refractivity contribution in [3.63, 3.8) is 0 Å². The molecular weight excluding hydrogens is 237 g/mol. The van der Waals surface area contributed by atoms with Gasteiger partial charge in [0.05, 0.1) is 10.6 Å². The lowest BCUT2D eigenvalue weighted by Crippen LogP contribution is -1.96. The summed E-state index contributed by atoms with van der Waals surface area (Å²) in [5, 5.41) is 8.55. The zero-order valence-corrected chi connectivity index (χ0v) is 8.53. The van der Waals surface area contributed by atoms with Crippen molar-refractivity contribution in [2.24, 2.45) is 0 Å². The molecule has 0 fully saturated rings. The molecule has 2 rings (SSSR count). The van der Waals surface area contributed by atoms with Gasteiger partial charge in [-0.15, -0.1) is 0 Å². The fraction of sp³-hybridized carbons (Fsp3) is 0. The van der Waals surface area contributed by atoms with Gasteiger partial charge < -0.3 is 9.52 Å². The molecule has 2 aromatic rings. The van der Waals surface area contributed by atoms with Crippen molar-refractivity contribution in [2.45, 2.75) is 0 Å². The minimum absolute atomic E-state index is 0.0278. The summed E-state index contributed by atoms with van der Waals surface area (Å²) in [5.41, 5.74) is -0.255. The van der Waals surface area contributed by atoms with Crippen molar-refractivity contribution < 1.29 is 18.7 Å². The fourth-order valence-electron chi connectivity index (χ4n) is 1.16. The van der Waals surface area contributed by atoms with Crippen LogP contribution in [0.25, 0.3) is 11.5 Å². The Morgan fingerprint density at radius 1 is 1.50 bits per heavy atom. The van der Waals surface area contributed by atoms with Gasteiger partial charge in [0.1, 0.15) is 6.26 Å². The average Bonchev–Trinajstić information content (AvgIpc) is 2.71. The maximum absolute atomic E-state index is 13.5. The summed E-state index contributed by atoms with van der Waals surface area (Å²) in [6.07, 6.45) is 0.942. The van der Waals surface area contributed by atoms with Gasteiger partial charge in [-0.3, -0.25) is 0 Å². The maximum atomic E-state index is 13.5. The van der Waals surface area contributed by atoms with Crippen LogP contribution in [0.3, 0.4) is 0 Å². The van der Waals surface area contributed by atoms with Crippen LogP contribution in [0.5, 0.6) is 0 Å². The number of hydrogen-bond donors (Lipinski definition) is 1. The van der Waals surface area contributed by atoms with Gasteiger partial charge in [0.25, 0.3) is 0 Å². The second kappa shape index (κ2) is 3.94. The minimum Gasteiger partial charge on any atom is -0.476 e. The lowest BCUT2D eigenvalue weighted by Gasteiger charge is -1.98. The highest BCUT2D eigenvalue weighted by molar-refractivity contribution is 6.31. The molecule has 0 saturated heterocycles. The van der Waals surface area contributed by atoms with Crippen LogP contribution in [0.1, 0.15) is 10.5 Å². The molecule has 0 saturated carbocycles. The molecule has 0 amide bonds. The molecule has 0 atom stereocenters. The summed E-state index contributed by atoms with van der Waals surface area (Å²) in [6.45, 7) is 0. The number of aromatic carboxylic acids is 1. The van der Waals surface area contributed by atoms with E-state index in [2.05, 4.69) is 4.98 Å². The van der Waals surface area contributed by atoms with E-state index in [1.807, 2.05) is 0 Å². The monoisotopic (exact) mass is 241 g/mol. The summed E-state index contributed by atoms with van der Waals surface area (Å²) in [4.78, 5) is 14.2. The number of nitrogens with zero attached hydrogens (tertiary/aromatic N) is 1. The first-order valence-electron chi connectivity index (χ1n) is 4.23. The molecule has 0 spiro atoms. The number of hydrogen-bond acceptors (Lipinski definition) is 3. The molecule has 1 aromatic carbocycles. The Kier molecular flexibility index (Phi) is 2.62. The van der Waals surface area contributed by atoms with E-state index in [0.717, 1.165) is 6.26 Å². The highest BCUT2D eigenvalue weighted by atomic mass is 35.5. The summed E-state index contributed by atoms with van der Waals surface area (Å²) >= 11 is 5.57. The Labute approximate surface area is 94.3 Å². The number of benzene rings is 1. The first kappa shape index (κ1) is 10.6. The standard InChI is InChI=1S/C10H5ClFNO3/c11-6-3-1-2-5(8(6)12)9-13-7(4-16-9)10(14)15/h1-4H,(H,14,15). The molecule has 0 bridgehead atoms. The molecule has 0 radical (unpaired) electrons. The van der Waals surface area contributed by atoms with E-state index in [1.54, 1.807) is 0 Å².